The van der Waals surface area contributed by atoms with Gasteiger partial charge in [-0.1, -0.05) is 45.8 Å². The third kappa shape index (κ3) is 7.52. The average molecular weight is 579 g/mol. The van der Waals surface area contributed by atoms with Gasteiger partial charge in [0.15, 0.2) is 0 Å². The molecule has 0 radical (unpaired) electrons. The van der Waals surface area contributed by atoms with E-state index in [4.69, 9.17) is 8.92 Å². The summed E-state index contributed by atoms with van der Waals surface area (Å²) in [7, 11) is -3.93. The first-order valence-corrected chi connectivity index (χ1v) is 13.4. The van der Waals surface area contributed by atoms with Crippen molar-refractivity contribution in [3.63, 3.8) is 0 Å². The second kappa shape index (κ2) is 11.9. The number of carbonyl (C=O) groups is 1. The number of benzene rings is 4. The quantitative estimate of drug-likeness (QED) is 0.152. The van der Waals surface area contributed by atoms with E-state index in [1.54, 1.807) is 48.5 Å². The third-order valence-electron chi connectivity index (χ3n) is 5.21. The highest BCUT2D eigenvalue weighted by Crippen LogP contribution is 2.20. The molecule has 0 fully saturated rings. The van der Waals surface area contributed by atoms with Gasteiger partial charge in [-0.05, 0) is 90.8 Å². The van der Waals surface area contributed by atoms with Gasteiger partial charge >= 0.3 is 10.1 Å². The summed E-state index contributed by atoms with van der Waals surface area (Å²) in [6, 6.07) is 27.3. The Hall–Kier alpha value is -3.95. The van der Waals surface area contributed by atoms with Gasteiger partial charge in [-0.3, -0.25) is 4.79 Å². The van der Waals surface area contributed by atoms with Gasteiger partial charge in [-0.25, -0.2) is 5.43 Å². The molecule has 0 spiro atoms. The van der Waals surface area contributed by atoms with Crippen LogP contribution in [0.2, 0.25) is 0 Å². The lowest BCUT2D eigenvalue weighted by molar-refractivity contribution is 0.0955. The minimum atomic E-state index is -3.93. The average Bonchev–Trinajstić information content (AvgIpc) is 2.90. The number of ether oxygens (including phenoxy) is 1. The highest BCUT2D eigenvalue weighted by molar-refractivity contribution is 9.10. The molecule has 0 saturated heterocycles. The van der Waals surface area contributed by atoms with Crippen molar-refractivity contribution in [1.82, 2.24) is 5.43 Å². The Balaban J connectivity index is 1.28. The zero-order chi connectivity index (χ0) is 26.3. The third-order valence-corrected chi connectivity index (χ3v) is 7.00. The second-order valence-electron chi connectivity index (χ2n) is 8.06. The number of hydrogen-bond acceptors (Lipinski definition) is 6. The van der Waals surface area contributed by atoms with Crippen molar-refractivity contribution in [2.24, 2.45) is 5.10 Å². The van der Waals surface area contributed by atoms with Gasteiger partial charge in [0.1, 0.15) is 23.0 Å². The van der Waals surface area contributed by atoms with Gasteiger partial charge in [-0.15, -0.1) is 0 Å². The van der Waals surface area contributed by atoms with Crippen LogP contribution in [0.3, 0.4) is 0 Å². The first-order valence-electron chi connectivity index (χ1n) is 11.2. The molecule has 9 heteroatoms. The fraction of sp³-hybridized carbons (Fsp3) is 0.0714. The Morgan fingerprint density at radius 1 is 0.865 bits per heavy atom. The lowest BCUT2D eigenvalue weighted by Gasteiger charge is -2.07. The van der Waals surface area contributed by atoms with E-state index in [0.717, 1.165) is 15.6 Å². The SMILES string of the molecule is Cc1ccc(S(=O)(=O)Oc2ccc(/C=N/NC(=O)c3ccc(OCc4ccc(Br)cc4)cc3)cc2)cc1. The predicted molar refractivity (Wildman–Crippen MR) is 145 cm³/mol. The van der Waals surface area contributed by atoms with Crippen molar-refractivity contribution < 1.29 is 22.1 Å². The molecule has 4 aromatic carbocycles. The summed E-state index contributed by atoms with van der Waals surface area (Å²) >= 11 is 3.40. The lowest BCUT2D eigenvalue weighted by atomic mass is 10.2. The number of rotatable bonds is 9. The zero-order valence-electron chi connectivity index (χ0n) is 19.8. The first-order chi connectivity index (χ1) is 17.8. The summed E-state index contributed by atoms with van der Waals surface area (Å²) in [4.78, 5) is 12.4. The van der Waals surface area contributed by atoms with Crippen molar-refractivity contribution in [3.8, 4) is 11.5 Å². The second-order valence-corrected chi connectivity index (χ2v) is 10.5. The van der Waals surface area contributed by atoms with E-state index < -0.39 is 10.1 Å². The molecule has 0 aromatic heterocycles. The van der Waals surface area contributed by atoms with E-state index in [9.17, 15) is 13.2 Å². The molecule has 188 valence electrons. The van der Waals surface area contributed by atoms with E-state index in [1.807, 2.05) is 31.2 Å². The Bertz CT molecular complexity index is 1480. The zero-order valence-corrected chi connectivity index (χ0v) is 22.2. The number of nitrogens with one attached hydrogen (secondary N) is 1. The molecule has 4 aromatic rings. The minimum Gasteiger partial charge on any atom is -0.489 e. The van der Waals surface area contributed by atoms with Crippen LogP contribution in [-0.4, -0.2) is 20.5 Å². The summed E-state index contributed by atoms with van der Waals surface area (Å²) in [6.45, 7) is 2.29. The summed E-state index contributed by atoms with van der Waals surface area (Å²) in [5.74, 6) is 0.443. The number of hydrazone groups is 1. The van der Waals surface area contributed by atoms with E-state index in [2.05, 4.69) is 26.5 Å². The molecular formula is C28H23BrN2O5S. The fourth-order valence-electron chi connectivity index (χ4n) is 3.17. The minimum absolute atomic E-state index is 0.0793. The summed E-state index contributed by atoms with van der Waals surface area (Å²) in [5, 5.41) is 3.96. The number of amides is 1. The maximum Gasteiger partial charge on any atom is 0.339 e. The number of nitrogens with zero attached hydrogens (tertiary/aromatic N) is 1. The predicted octanol–water partition coefficient (Wildman–Crippen LogP) is 5.87. The molecule has 0 heterocycles. The summed E-state index contributed by atoms with van der Waals surface area (Å²) in [5.41, 5.74) is 5.53. The van der Waals surface area contributed by atoms with Crippen molar-refractivity contribution in [2.45, 2.75) is 18.4 Å². The molecule has 0 bridgehead atoms. The van der Waals surface area contributed by atoms with Gasteiger partial charge < -0.3 is 8.92 Å². The highest BCUT2D eigenvalue weighted by atomic mass is 79.9. The highest BCUT2D eigenvalue weighted by Gasteiger charge is 2.16. The van der Waals surface area contributed by atoms with Crippen LogP contribution >= 0.6 is 15.9 Å². The van der Waals surface area contributed by atoms with Crippen molar-refractivity contribution in [1.29, 1.82) is 0 Å². The maximum absolute atomic E-state index is 12.4. The molecule has 0 aliphatic rings. The lowest BCUT2D eigenvalue weighted by Crippen LogP contribution is -2.17. The van der Waals surface area contributed by atoms with Crippen LogP contribution < -0.4 is 14.3 Å². The fourth-order valence-corrected chi connectivity index (χ4v) is 4.36. The van der Waals surface area contributed by atoms with E-state index >= 15 is 0 Å². The van der Waals surface area contributed by atoms with Gasteiger partial charge in [-0.2, -0.15) is 13.5 Å². The molecule has 1 amide bonds. The summed E-state index contributed by atoms with van der Waals surface area (Å²) in [6.07, 6.45) is 1.45. The van der Waals surface area contributed by atoms with Gasteiger partial charge in [0, 0.05) is 10.0 Å². The Morgan fingerprint density at radius 2 is 1.49 bits per heavy atom. The first kappa shape index (κ1) is 26.1. The molecule has 4 rings (SSSR count). The van der Waals surface area contributed by atoms with Crippen molar-refractivity contribution in [3.05, 3.63) is 124 Å². The molecule has 0 unspecified atom stereocenters. The molecule has 0 aliphatic heterocycles. The normalized spacial score (nSPS) is 11.3. The summed E-state index contributed by atoms with van der Waals surface area (Å²) < 4.78 is 36.8. The smallest absolute Gasteiger partial charge is 0.339 e. The molecule has 37 heavy (non-hydrogen) atoms. The van der Waals surface area contributed by atoms with E-state index in [0.29, 0.717) is 23.5 Å². The van der Waals surface area contributed by atoms with Crippen LogP contribution in [0.4, 0.5) is 0 Å². The molecule has 0 saturated carbocycles. The molecule has 7 nitrogen and oxygen atoms in total. The Morgan fingerprint density at radius 3 is 2.14 bits per heavy atom. The maximum atomic E-state index is 12.4. The van der Waals surface area contributed by atoms with Crippen LogP contribution in [-0.2, 0) is 16.7 Å². The van der Waals surface area contributed by atoms with Crippen molar-refractivity contribution in [2.75, 3.05) is 0 Å². The number of carbonyl (C=O) groups excluding carboxylic acids is 1. The van der Waals surface area contributed by atoms with Gasteiger partial charge in [0.2, 0.25) is 0 Å². The monoisotopic (exact) mass is 578 g/mol. The van der Waals surface area contributed by atoms with Crippen LogP contribution in [0.5, 0.6) is 11.5 Å². The number of hydrogen-bond donors (Lipinski definition) is 1. The van der Waals surface area contributed by atoms with Crippen LogP contribution in [0.1, 0.15) is 27.0 Å². The number of halogens is 1. The molecular weight excluding hydrogens is 556 g/mol. The number of aryl methyl sites for hydroxylation is 1. The topological polar surface area (TPSA) is 94.1 Å². The van der Waals surface area contributed by atoms with Gasteiger partial charge in [0.25, 0.3) is 5.91 Å². The molecule has 0 aliphatic carbocycles. The van der Waals surface area contributed by atoms with Crippen LogP contribution in [0, 0.1) is 6.92 Å². The van der Waals surface area contributed by atoms with E-state index in [1.165, 1.54) is 30.5 Å². The molecule has 1 N–H and O–H groups in total. The van der Waals surface area contributed by atoms with Crippen LogP contribution in [0.15, 0.2) is 112 Å². The Labute approximate surface area is 224 Å². The van der Waals surface area contributed by atoms with Crippen LogP contribution in [0.25, 0.3) is 0 Å². The standard InChI is InChI=1S/C28H23BrN2O5S/c1-20-2-16-27(17-3-20)37(33,34)36-26-12-6-21(7-13-26)18-30-31-28(32)23-8-14-25(15-9-23)35-19-22-4-10-24(29)11-5-22/h2-18H,19H2,1H3,(H,31,32)/b30-18+. The Kier molecular flexibility index (Phi) is 8.37. The van der Waals surface area contributed by atoms with Gasteiger partial charge in [0.05, 0.1) is 6.21 Å². The molecule has 0 atom stereocenters. The van der Waals surface area contributed by atoms with E-state index in [-0.39, 0.29) is 16.6 Å². The van der Waals surface area contributed by atoms with Crippen molar-refractivity contribution >= 4 is 38.2 Å². The largest absolute Gasteiger partial charge is 0.489 e.